The predicted octanol–water partition coefficient (Wildman–Crippen LogP) is 3.53. The molecule has 2 aromatic rings. The van der Waals surface area contributed by atoms with Crippen molar-refractivity contribution in [1.82, 2.24) is 14.5 Å². The molecule has 1 aliphatic rings. The Morgan fingerprint density at radius 2 is 1.90 bits per heavy atom. The molecular weight excluding hydrogens is 428 g/mol. The van der Waals surface area contributed by atoms with Gasteiger partial charge < -0.3 is 5.32 Å². The molecule has 1 aromatic carbocycles. The standard InChI is InChI=1S/C19H26N4O3S3/c1-13(2)27-19-22-21-18(28-19)20-17(24)16-8-10-23(11-9-16)29(25,26)12-15-6-4-14(3)5-7-15/h4-7,13,16H,8-12H2,1-3H3,(H,20,21,24). The van der Waals surface area contributed by atoms with Gasteiger partial charge in [0.1, 0.15) is 0 Å². The largest absolute Gasteiger partial charge is 0.300 e. The summed E-state index contributed by atoms with van der Waals surface area (Å²) in [7, 11) is -3.39. The van der Waals surface area contributed by atoms with Gasteiger partial charge >= 0.3 is 0 Å². The summed E-state index contributed by atoms with van der Waals surface area (Å²) in [5, 5.41) is 11.8. The van der Waals surface area contributed by atoms with Gasteiger partial charge in [-0.1, -0.05) is 66.8 Å². The Labute approximate surface area is 180 Å². The van der Waals surface area contributed by atoms with Crippen molar-refractivity contribution < 1.29 is 13.2 Å². The van der Waals surface area contributed by atoms with E-state index in [0.717, 1.165) is 15.5 Å². The van der Waals surface area contributed by atoms with Crippen LogP contribution in [0.3, 0.4) is 0 Å². The molecular formula is C19H26N4O3S3. The van der Waals surface area contributed by atoms with Crippen molar-refractivity contribution in [2.45, 2.75) is 49.0 Å². The SMILES string of the molecule is Cc1ccc(CS(=O)(=O)N2CCC(C(=O)Nc3nnc(SC(C)C)s3)CC2)cc1. The van der Waals surface area contributed by atoms with Crippen LogP contribution in [0.2, 0.25) is 0 Å². The van der Waals surface area contributed by atoms with Gasteiger partial charge in [-0.15, -0.1) is 10.2 Å². The average Bonchev–Trinajstić information content (AvgIpc) is 3.09. The van der Waals surface area contributed by atoms with Crippen LogP contribution in [-0.2, 0) is 20.6 Å². The minimum absolute atomic E-state index is 0.00871. The molecule has 1 amide bonds. The number of sulfonamides is 1. The summed E-state index contributed by atoms with van der Waals surface area (Å²) in [6, 6.07) is 7.53. The van der Waals surface area contributed by atoms with E-state index >= 15 is 0 Å². The Hall–Kier alpha value is -1.49. The molecule has 0 atom stereocenters. The van der Waals surface area contributed by atoms with Gasteiger partial charge in [0.25, 0.3) is 0 Å². The number of aromatic nitrogens is 2. The Balaban J connectivity index is 1.52. The van der Waals surface area contributed by atoms with E-state index in [1.165, 1.54) is 15.6 Å². The number of anilines is 1. The number of aryl methyl sites for hydroxylation is 1. The monoisotopic (exact) mass is 454 g/mol. The fourth-order valence-corrected chi connectivity index (χ4v) is 6.64. The molecule has 0 unspecified atom stereocenters. The number of rotatable bonds is 7. The minimum Gasteiger partial charge on any atom is -0.300 e. The lowest BCUT2D eigenvalue weighted by Crippen LogP contribution is -2.41. The molecule has 1 aromatic heterocycles. The molecule has 158 valence electrons. The zero-order valence-corrected chi connectivity index (χ0v) is 19.2. The van der Waals surface area contributed by atoms with E-state index in [1.54, 1.807) is 11.8 Å². The van der Waals surface area contributed by atoms with Crippen molar-refractivity contribution in [2.75, 3.05) is 18.4 Å². The number of benzene rings is 1. The van der Waals surface area contributed by atoms with Gasteiger partial charge in [-0.05, 0) is 25.3 Å². The number of carbonyl (C=O) groups is 1. The Morgan fingerprint density at radius 3 is 2.52 bits per heavy atom. The van der Waals surface area contributed by atoms with Gasteiger partial charge in [0, 0.05) is 24.3 Å². The van der Waals surface area contributed by atoms with E-state index in [-0.39, 0.29) is 17.6 Å². The van der Waals surface area contributed by atoms with E-state index in [9.17, 15) is 13.2 Å². The van der Waals surface area contributed by atoms with E-state index in [4.69, 9.17) is 0 Å². The highest BCUT2D eigenvalue weighted by Crippen LogP contribution is 2.29. The molecule has 0 radical (unpaired) electrons. The van der Waals surface area contributed by atoms with Crippen LogP contribution in [0.4, 0.5) is 5.13 Å². The molecule has 0 aliphatic carbocycles. The first kappa shape index (κ1) is 22.2. The third-order valence-electron chi connectivity index (χ3n) is 4.66. The lowest BCUT2D eigenvalue weighted by molar-refractivity contribution is -0.120. The van der Waals surface area contributed by atoms with Crippen molar-refractivity contribution in [3.63, 3.8) is 0 Å². The number of amides is 1. The van der Waals surface area contributed by atoms with Crippen LogP contribution < -0.4 is 5.32 Å². The lowest BCUT2D eigenvalue weighted by Gasteiger charge is -2.30. The first-order valence-electron chi connectivity index (χ1n) is 9.57. The van der Waals surface area contributed by atoms with E-state index in [1.807, 2.05) is 31.2 Å². The number of hydrogen-bond acceptors (Lipinski definition) is 7. The maximum atomic E-state index is 12.7. The molecule has 10 heteroatoms. The second-order valence-corrected chi connectivity index (χ2v) is 12.2. The first-order valence-corrected chi connectivity index (χ1v) is 12.9. The van der Waals surface area contributed by atoms with Crippen LogP contribution in [0.15, 0.2) is 28.6 Å². The third-order valence-corrected chi connectivity index (χ3v) is 8.44. The predicted molar refractivity (Wildman–Crippen MR) is 118 cm³/mol. The highest BCUT2D eigenvalue weighted by atomic mass is 32.2. The van der Waals surface area contributed by atoms with Crippen molar-refractivity contribution in [1.29, 1.82) is 0 Å². The van der Waals surface area contributed by atoms with E-state index < -0.39 is 10.0 Å². The molecule has 1 fully saturated rings. The van der Waals surface area contributed by atoms with Gasteiger partial charge in [-0.3, -0.25) is 4.79 Å². The Morgan fingerprint density at radius 1 is 1.24 bits per heavy atom. The molecule has 1 aliphatic heterocycles. The van der Waals surface area contributed by atoms with E-state index in [2.05, 4.69) is 29.4 Å². The molecule has 2 heterocycles. The number of thioether (sulfide) groups is 1. The summed E-state index contributed by atoms with van der Waals surface area (Å²) >= 11 is 2.97. The topological polar surface area (TPSA) is 92.3 Å². The lowest BCUT2D eigenvalue weighted by atomic mass is 9.97. The zero-order chi connectivity index (χ0) is 21.0. The average molecular weight is 455 g/mol. The molecule has 1 saturated heterocycles. The van der Waals surface area contributed by atoms with Crippen LogP contribution in [0.5, 0.6) is 0 Å². The van der Waals surface area contributed by atoms with Gasteiger partial charge in [-0.2, -0.15) is 0 Å². The third kappa shape index (κ3) is 6.24. The minimum atomic E-state index is -3.39. The number of nitrogens with one attached hydrogen (secondary N) is 1. The van der Waals surface area contributed by atoms with E-state index in [0.29, 0.717) is 36.3 Å². The quantitative estimate of drug-likeness (QED) is 0.508. The van der Waals surface area contributed by atoms with Crippen molar-refractivity contribution in [3.05, 3.63) is 35.4 Å². The molecule has 7 nitrogen and oxygen atoms in total. The second kappa shape index (κ2) is 9.55. The van der Waals surface area contributed by atoms with Crippen LogP contribution in [0.25, 0.3) is 0 Å². The zero-order valence-electron chi connectivity index (χ0n) is 16.8. The summed E-state index contributed by atoms with van der Waals surface area (Å²) < 4.78 is 27.7. The van der Waals surface area contributed by atoms with Crippen molar-refractivity contribution in [2.24, 2.45) is 5.92 Å². The van der Waals surface area contributed by atoms with Crippen molar-refractivity contribution >= 4 is 44.2 Å². The first-order chi connectivity index (χ1) is 13.7. The molecule has 29 heavy (non-hydrogen) atoms. The van der Waals surface area contributed by atoms with Crippen molar-refractivity contribution in [3.8, 4) is 0 Å². The highest BCUT2D eigenvalue weighted by molar-refractivity contribution is 8.01. The van der Waals surface area contributed by atoms with Crippen LogP contribution in [-0.4, -0.2) is 47.2 Å². The Bertz CT molecular complexity index is 934. The maximum absolute atomic E-state index is 12.7. The summed E-state index contributed by atoms with van der Waals surface area (Å²) in [5.41, 5.74) is 1.88. The number of nitrogens with zero attached hydrogens (tertiary/aromatic N) is 3. The highest BCUT2D eigenvalue weighted by Gasteiger charge is 2.31. The van der Waals surface area contributed by atoms with Gasteiger partial charge in [0.05, 0.1) is 5.75 Å². The second-order valence-electron chi connectivity index (χ2n) is 7.44. The molecule has 0 bridgehead atoms. The number of piperidine rings is 1. The number of carbonyl (C=O) groups excluding carboxylic acids is 1. The summed E-state index contributed by atoms with van der Waals surface area (Å²) in [6.07, 6.45) is 1.01. The summed E-state index contributed by atoms with van der Waals surface area (Å²) in [4.78, 5) is 12.5. The normalized spacial score (nSPS) is 16.3. The molecule has 1 N–H and O–H groups in total. The fraction of sp³-hybridized carbons (Fsp3) is 0.526. The smallest absolute Gasteiger partial charge is 0.229 e. The number of hydrogen-bond donors (Lipinski definition) is 1. The fourth-order valence-electron chi connectivity index (χ4n) is 3.10. The molecule has 3 rings (SSSR count). The van der Waals surface area contributed by atoms with Crippen LogP contribution >= 0.6 is 23.1 Å². The van der Waals surface area contributed by atoms with Gasteiger partial charge in [0.2, 0.25) is 21.1 Å². The summed E-state index contributed by atoms with van der Waals surface area (Å²) in [6.45, 7) is 6.84. The van der Waals surface area contributed by atoms with Gasteiger partial charge in [-0.25, -0.2) is 12.7 Å². The van der Waals surface area contributed by atoms with Crippen LogP contribution in [0.1, 0.15) is 37.8 Å². The maximum Gasteiger partial charge on any atom is 0.229 e. The summed E-state index contributed by atoms with van der Waals surface area (Å²) in [5.74, 6) is -0.339. The van der Waals surface area contributed by atoms with Gasteiger partial charge in [0.15, 0.2) is 4.34 Å². The van der Waals surface area contributed by atoms with Crippen LogP contribution in [0, 0.1) is 12.8 Å². The molecule has 0 spiro atoms. The Kier molecular flexibility index (Phi) is 7.31. The molecule has 0 saturated carbocycles.